The van der Waals surface area contributed by atoms with Crippen molar-refractivity contribution >= 4 is 5.91 Å². The number of hydrogen-bond acceptors (Lipinski definition) is 4. The minimum Gasteiger partial charge on any atom is -0.497 e. The van der Waals surface area contributed by atoms with Gasteiger partial charge in [-0.1, -0.05) is 36.4 Å². The third kappa shape index (κ3) is 2.91. The van der Waals surface area contributed by atoms with E-state index in [0.717, 1.165) is 55.0 Å². The molecule has 5 heteroatoms. The molecule has 3 aromatic rings. The van der Waals surface area contributed by atoms with Crippen molar-refractivity contribution in [2.45, 2.75) is 37.4 Å². The van der Waals surface area contributed by atoms with Crippen LogP contribution in [0.3, 0.4) is 0 Å². The molecule has 0 radical (unpaired) electrons. The largest absolute Gasteiger partial charge is 0.497 e. The molecule has 3 aliphatic heterocycles. The molecule has 3 saturated heterocycles. The lowest BCUT2D eigenvalue weighted by Gasteiger charge is -2.33. The van der Waals surface area contributed by atoms with Gasteiger partial charge in [0.05, 0.1) is 13.4 Å². The quantitative estimate of drug-likeness (QED) is 0.580. The number of likely N-dealkylation sites (tertiary alicyclic amines) is 1. The Kier molecular flexibility index (Phi) is 4.61. The van der Waals surface area contributed by atoms with E-state index in [0.29, 0.717) is 24.4 Å². The fraction of sp³-hybridized carbons (Fsp3) is 0.370. The van der Waals surface area contributed by atoms with Crippen LogP contribution in [0.1, 0.15) is 36.4 Å². The van der Waals surface area contributed by atoms with Crippen LogP contribution in [0.25, 0.3) is 11.3 Å². The van der Waals surface area contributed by atoms with E-state index in [9.17, 15) is 4.79 Å². The normalized spacial score (nSPS) is 27.0. The summed E-state index contributed by atoms with van der Waals surface area (Å²) in [6, 6.07) is 21.0. The number of carbonyl (C=O) groups is 1. The molecule has 0 saturated carbocycles. The Hall–Kier alpha value is -3.05. The van der Waals surface area contributed by atoms with Crippen LogP contribution in [0, 0.1) is 5.92 Å². The summed E-state index contributed by atoms with van der Waals surface area (Å²) in [6.45, 7) is 2.53. The number of nitrogens with zero attached hydrogens (tertiary/aromatic N) is 2. The van der Waals surface area contributed by atoms with Gasteiger partial charge in [-0.25, -0.2) is 0 Å². The molecule has 3 aliphatic rings. The van der Waals surface area contributed by atoms with Gasteiger partial charge in [-0.2, -0.15) is 0 Å². The van der Waals surface area contributed by atoms with E-state index >= 15 is 0 Å². The Bertz CT molecular complexity index is 1110. The van der Waals surface area contributed by atoms with Crippen molar-refractivity contribution in [1.29, 1.82) is 0 Å². The van der Waals surface area contributed by atoms with Crippen molar-refractivity contribution in [3.63, 3.8) is 0 Å². The van der Waals surface area contributed by atoms with Crippen LogP contribution in [0.5, 0.6) is 5.75 Å². The van der Waals surface area contributed by atoms with Crippen LogP contribution in [0.2, 0.25) is 0 Å². The van der Waals surface area contributed by atoms with Crippen molar-refractivity contribution in [3.8, 4) is 17.1 Å². The van der Waals surface area contributed by atoms with Crippen molar-refractivity contribution < 1.29 is 13.9 Å². The zero-order chi connectivity index (χ0) is 21.7. The molecule has 0 bridgehead atoms. The van der Waals surface area contributed by atoms with E-state index < -0.39 is 0 Å². The standard InChI is InChI=1S/C27H28N2O3/c1-31-23-11-5-19(6-12-23)17-28-18-22-16-24(29-14-3-13-27(22,29)26(28)30)20-7-9-21(10-8-20)25-4-2-15-32-25/h2,4-12,15,22,24H,3,13-14,16-18H2,1H3/t22-,24-,27-/m0/s1. The average molecular weight is 429 g/mol. The number of rotatable bonds is 5. The summed E-state index contributed by atoms with van der Waals surface area (Å²) >= 11 is 0. The van der Waals surface area contributed by atoms with Gasteiger partial charge >= 0.3 is 0 Å². The molecule has 0 N–H and O–H groups in total. The Morgan fingerprint density at radius 2 is 1.91 bits per heavy atom. The topological polar surface area (TPSA) is 45.9 Å². The number of amides is 1. The first-order valence-corrected chi connectivity index (χ1v) is 11.5. The van der Waals surface area contributed by atoms with Crippen molar-refractivity contribution in [2.75, 3.05) is 20.2 Å². The average Bonchev–Trinajstić information content (AvgIpc) is 3.60. The van der Waals surface area contributed by atoms with Gasteiger partial charge in [0.25, 0.3) is 0 Å². The number of ether oxygens (including phenoxy) is 1. The van der Waals surface area contributed by atoms with Gasteiger partial charge < -0.3 is 14.1 Å². The summed E-state index contributed by atoms with van der Waals surface area (Å²) in [5, 5.41) is 0. The highest BCUT2D eigenvalue weighted by Crippen LogP contribution is 2.56. The summed E-state index contributed by atoms with van der Waals surface area (Å²) < 4.78 is 10.8. The molecule has 4 heterocycles. The lowest BCUT2D eigenvalue weighted by molar-refractivity contribution is -0.137. The first kappa shape index (κ1) is 19.6. The molecule has 2 aromatic carbocycles. The van der Waals surface area contributed by atoms with Crippen LogP contribution in [0.15, 0.2) is 71.3 Å². The molecule has 0 aliphatic carbocycles. The van der Waals surface area contributed by atoms with Gasteiger partial charge in [-0.05, 0) is 61.2 Å². The van der Waals surface area contributed by atoms with Crippen LogP contribution in [0.4, 0.5) is 0 Å². The van der Waals surface area contributed by atoms with Gasteiger partial charge in [-0.15, -0.1) is 0 Å². The predicted octanol–water partition coefficient (Wildman–Crippen LogP) is 4.89. The fourth-order valence-electron chi connectivity index (χ4n) is 6.30. The second kappa shape index (κ2) is 7.52. The zero-order valence-corrected chi connectivity index (χ0v) is 18.4. The van der Waals surface area contributed by atoms with Gasteiger partial charge in [-0.3, -0.25) is 9.69 Å². The monoisotopic (exact) mass is 428 g/mol. The zero-order valence-electron chi connectivity index (χ0n) is 18.4. The van der Waals surface area contributed by atoms with E-state index in [-0.39, 0.29) is 5.54 Å². The highest BCUT2D eigenvalue weighted by atomic mass is 16.5. The summed E-state index contributed by atoms with van der Waals surface area (Å²) in [5.74, 6) is 2.46. The third-order valence-corrected chi connectivity index (χ3v) is 7.76. The molecule has 3 fully saturated rings. The first-order valence-electron chi connectivity index (χ1n) is 11.5. The maximum atomic E-state index is 13.8. The highest BCUT2D eigenvalue weighted by Gasteiger charge is 2.65. The number of methoxy groups -OCH3 is 1. The Morgan fingerprint density at radius 3 is 2.62 bits per heavy atom. The third-order valence-electron chi connectivity index (χ3n) is 7.76. The van der Waals surface area contributed by atoms with Gasteiger partial charge in [0.2, 0.25) is 5.91 Å². The maximum absolute atomic E-state index is 13.8. The number of hydrogen-bond donors (Lipinski definition) is 0. The SMILES string of the molecule is COc1ccc(CN2C[C@@H]3C[C@@H](c4ccc(-c5ccco5)cc4)N4CCC[C@@]34C2=O)cc1. The number of benzene rings is 2. The minimum atomic E-state index is -0.309. The van der Waals surface area contributed by atoms with E-state index in [1.165, 1.54) is 5.56 Å². The van der Waals surface area contributed by atoms with Crippen molar-refractivity contribution in [2.24, 2.45) is 5.92 Å². The van der Waals surface area contributed by atoms with Crippen LogP contribution in [-0.2, 0) is 11.3 Å². The van der Waals surface area contributed by atoms with E-state index in [4.69, 9.17) is 9.15 Å². The molecule has 164 valence electrons. The van der Waals surface area contributed by atoms with Gasteiger partial charge in [0.1, 0.15) is 17.0 Å². The maximum Gasteiger partial charge on any atom is 0.243 e. The van der Waals surface area contributed by atoms with Crippen LogP contribution >= 0.6 is 0 Å². The molecule has 5 nitrogen and oxygen atoms in total. The van der Waals surface area contributed by atoms with Gasteiger partial charge in [0.15, 0.2) is 0 Å². The Balaban J connectivity index is 1.23. The lowest BCUT2D eigenvalue weighted by Crippen LogP contribution is -2.49. The predicted molar refractivity (Wildman–Crippen MR) is 122 cm³/mol. The summed E-state index contributed by atoms with van der Waals surface area (Å²) in [5.41, 5.74) is 3.25. The summed E-state index contributed by atoms with van der Waals surface area (Å²) in [4.78, 5) is 18.4. The minimum absolute atomic E-state index is 0.309. The van der Waals surface area contributed by atoms with Crippen LogP contribution < -0.4 is 4.74 Å². The molecule has 3 atom stereocenters. The van der Waals surface area contributed by atoms with E-state index in [1.807, 2.05) is 24.3 Å². The van der Waals surface area contributed by atoms with E-state index in [2.05, 4.69) is 46.2 Å². The second-order valence-electron chi connectivity index (χ2n) is 9.30. The van der Waals surface area contributed by atoms with E-state index in [1.54, 1.807) is 13.4 Å². The number of furan rings is 1. The molecular weight excluding hydrogens is 400 g/mol. The first-order chi connectivity index (χ1) is 15.7. The number of carbonyl (C=O) groups excluding carboxylic acids is 1. The molecular formula is C27H28N2O3. The van der Waals surface area contributed by atoms with Crippen molar-refractivity contribution in [1.82, 2.24) is 9.80 Å². The summed E-state index contributed by atoms with van der Waals surface area (Å²) in [6.07, 6.45) is 4.83. The van der Waals surface area contributed by atoms with Crippen LogP contribution in [-0.4, -0.2) is 41.4 Å². The van der Waals surface area contributed by atoms with Gasteiger partial charge in [0, 0.05) is 30.6 Å². The molecule has 1 amide bonds. The molecule has 6 rings (SSSR count). The fourth-order valence-corrected chi connectivity index (χ4v) is 6.30. The molecule has 0 unspecified atom stereocenters. The summed E-state index contributed by atoms with van der Waals surface area (Å²) in [7, 11) is 1.68. The molecule has 1 spiro atoms. The Morgan fingerprint density at radius 1 is 1.09 bits per heavy atom. The second-order valence-corrected chi connectivity index (χ2v) is 9.30. The molecule has 1 aromatic heterocycles. The highest BCUT2D eigenvalue weighted by molar-refractivity contribution is 5.90. The van der Waals surface area contributed by atoms with Crippen molar-refractivity contribution in [3.05, 3.63) is 78.1 Å². The Labute approximate surface area is 188 Å². The molecule has 32 heavy (non-hydrogen) atoms. The lowest BCUT2D eigenvalue weighted by atomic mass is 9.85. The smallest absolute Gasteiger partial charge is 0.243 e.